The number of rotatable bonds is 5. The van der Waals surface area contributed by atoms with Crippen LogP contribution in [0.15, 0.2) is 64.8 Å². The van der Waals surface area contributed by atoms with E-state index in [1.807, 2.05) is 19.1 Å². The molecule has 0 radical (unpaired) electrons. The standard InChI is InChI=1S/C17H16BrNO2/c1-2-14(19-15-7-9-16(20)10-8-15)11-17(21)12-3-5-13(18)6-4-12/h3-11,19-20H,2H2,1H3/b14-11-. The summed E-state index contributed by atoms with van der Waals surface area (Å²) in [4.78, 5) is 12.2. The van der Waals surface area contributed by atoms with Crippen molar-refractivity contribution < 1.29 is 9.90 Å². The predicted octanol–water partition coefficient (Wildman–Crippen LogP) is 4.74. The van der Waals surface area contributed by atoms with Gasteiger partial charge >= 0.3 is 0 Å². The van der Waals surface area contributed by atoms with Gasteiger partial charge in [0.25, 0.3) is 0 Å². The Morgan fingerprint density at radius 2 is 1.76 bits per heavy atom. The number of phenols is 1. The third kappa shape index (κ3) is 4.46. The number of benzene rings is 2. The van der Waals surface area contributed by atoms with E-state index < -0.39 is 0 Å². The first-order chi connectivity index (χ1) is 10.1. The van der Waals surface area contributed by atoms with Gasteiger partial charge in [0.05, 0.1) is 0 Å². The van der Waals surface area contributed by atoms with Crippen LogP contribution in [0, 0.1) is 0 Å². The van der Waals surface area contributed by atoms with Gasteiger partial charge in [0.1, 0.15) is 5.75 Å². The number of aromatic hydroxyl groups is 1. The van der Waals surface area contributed by atoms with E-state index in [2.05, 4.69) is 21.2 Å². The Morgan fingerprint density at radius 3 is 2.33 bits per heavy atom. The fourth-order valence-corrected chi connectivity index (χ4v) is 2.08. The summed E-state index contributed by atoms with van der Waals surface area (Å²) in [6.45, 7) is 1.98. The first-order valence-electron chi connectivity index (χ1n) is 6.65. The van der Waals surface area contributed by atoms with Crippen LogP contribution in [-0.2, 0) is 0 Å². The van der Waals surface area contributed by atoms with Crippen LogP contribution >= 0.6 is 15.9 Å². The minimum absolute atomic E-state index is 0.0365. The molecule has 2 rings (SSSR count). The summed E-state index contributed by atoms with van der Waals surface area (Å²) >= 11 is 3.35. The van der Waals surface area contributed by atoms with Gasteiger partial charge < -0.3 is 10.4 Å². The summed E-state index contributed by atoms with van der Waals surface area (Å²) in [5.41, 5.74) is 2.31. The molecule has 21 heavy (non-hydrogen) atoms. The zero-order valence-electron chi connectivity index (χ0n) is 11.6. The molecule has 2 aromatic rings. The van der Waals surface area contributed by atoms with Crippen molar-refractivity contribution >= 4 is 27.4 Å². The molecule has 108 valence electrons. The van der Waals surface area contributed by atoms with Crippen molar-refractivity contribution in [1.82, 2.24) is 0 Å². The van der Waals surface area contributed by atoms with Crippen LogP contribution in [0.3, 0.4) is 0 Å². The van der Waals surface area contributed by atoms with E-state index in [1.165, 1.54) is 0 Å². The Kier molecular flexibility index (Phi) is 5.17. The second kappa shape index (κ2) is 7.09. The Hall–Kier alpha value is -2.07. The number of hydrogen-bond acceptors (Lipinski definition) is 3. The molecule has 0 atom stereocenters. The smallest absolute Gasteiger partial charge is 0.187 e. The number of hydrogen-bond donors (Lipinski definition) is 2. The average Bonchev–Trinajstić information content (AvgIpc) is 2.49. The summed E-state index contributed by atoms with van der Waals surface area (Å²) in [5, 5.41) is 12.5. The minimum atomic E-state index is -0.0365. The molecular formula is C17H16BrNO2. The van der Waals surface area contributed by atoms with Gasteiger partial charge in [-0.15, -0.1) is 0 Å². The maximum Gasteiger partial charge on any atom is 0.187 e. The van der Waals surface area contributed by atoms with Crippen molar-refractivity contribution in [1.29, 1.82) is 0 Å². The number of carbonyl (C=O) groups is 1. The molecule has 0 aliphatic rings. The van der Waals surface area contributed by atoms with E-state index in [0.717, 1.165) is 15.9 Å². The van der Waals surface area contributed by atoms with Gasteiger partial charge in [-0.25, -0.2) is 0 Å². The number of ketones is 1. The first-order valence-corrected chi connectivity index (χ1v) is 7.44. The summed E-state index contributed by atoms with van der Waals surface area (Å²) in [6, 6.07) is 14.0. The molecule has 0 spiro atoms. The van der Waals surface area contributed by atoms with Gasteiger partial charge in [-0.05, 0) is 55.0 Å². The second-order valence-electron chi connectivity index (χ2n) is 4.57. The molecule has 0 amide bonds. The van der Waals surface area contributed by atoms with E-state index >= 15 is 0 Å². The number of anilines is 1. The van der Waals surface area contributed by atoms with Gasteiger partial charge in [0, 0.05) is 27.5 Å². The van der Waals surface area contributed by atoms with Crippen molar-refractivity contribution in [2.75, 3.05) is 5.32 Å². The van der Waals surface area contributed by atoms with Crippen LogP contribution in [0.2, 0.25) is 0 Å². The first kappa shape index (κ1) is 15.3. The quantitative estimate of drug-likeness (QED) is 0.467. The number of nitrogens with one attached hydrogen (secondary N) is 1. The SMILES string of the molecule is CC/C(=C/C(=O)c1ccc(Br)cc1)Nc1ccc(O)cc1. The molecular weight excluding hydrogens is 330 g/mol. The lowest BCUT2D eigenvalue weighted by Crippen LogP contribution is -2.03. The summed E-state index contributed by atoms with van der Waals surface area (Å²) in [7, 11) is 0. The molecule has 0 heterocycles. The van der Waals surface area contributed by atoms with Crippen LogP contribution in [0.1, 0.15) is 23.7 Å². The number of allylic oxidation sites excluding steroid dienone is 2. The monoisotopic (exact) mass is 345 g/mol. The summed E-state index contributed by atoms with van der Waals surface area (Å²) in [6.07, 6.45) is 2.32. The van der Waals surface area contributed by atoms with Crippen LogP contribution in [0.4, 0.5) is 5.69 Å². The molecule has 0 saturated carbocycles. The Labute approximate surface area is 132 Å². The van der Waals surface area contributed by atoms with E-state index in [9.17, 15) is 9.90 Å². The number of halogens is 1. The highest BCUT2D eigenvalue weighted by Crippen LogP contribution is 2.17. The fourth-order valence-electron chi connectivity index (χ4n) is 1.81. The predicted molar refractivity (Wildman–Crippen MR) is 88.6 cm³/mol. The van der Waals surface area contributed by atoms with Crippen molar-refractivity contribution in [3.05, 3.63) is 70.3 Å². The van der Waals surface area contributed by atoms with E-state index in [4.69, 9.17) is 0 Å². The van der Waals surface area contributed by atoms with E-state index in [0.29, 0.717) is 12.0 Å². The van der Waals surface area contributed by atoms with Gasteiger partial charge in [-0.3, -0.25) is 4.79 Å². The van der Waals surface area contributed by atoms with Crippen molar-refractivity contribution in [2.45, 2.75) is 13.3 Å². The molecule has 4 heteroatoms. The molecule has 2 N–H and O–H groups in total. The molecule has 2 aromatic carbocycles. The van der Waals surface area contributed by atoms with Crippen LogP contribution in [-0.4, -0.2) is 10.9 Å². The molecule has 0 saturated heterocycles. The summed E-state index contributed by atoms with van der Waals surface area (Å²) < 4.78 is 0.945. The Bertz CT molecular complexity index is 645. The highest BCUT2D eigenvalue weighted by molar-refractivity contribution is 9.10. The maximum atomic E-state index is 12.2. The third-order valence-electron chi connectivity index (χ3n) is 2.99. The lowest BCUT2D eigenvalue weighted by atomic mass is 10.1. The molecule has 0 aromatic heterocycles. The maximum absolute atomic E-state index is 12.2. The molecule has 0 aliphatic heterocycles. The van der Waals surface area contributed by atoms with Crippen LogP contribution < -0.4 is 5.32 Å². The molecule has 0 fully saturated rings. The van der Waals surface area contributed by atoms with Gasteiger partial charge in [-0.2, -0.15) is 0 Å². The lowest BCUT2D eigenvalue weighted by molar-refractivity contribution is 0.104. The molecule has 0 unspecified atom stereocenters. The molecule has 3 nitrogen and oxygen atoms in total. The number of phenolic OH excluding ortho intramolecular Hbond substituents is 1. The zero-order valence-corrected chi connectivity index (χ0v) is 13.2. The average molecular weight is 346 g/mol. The van der Waals surface area contributed by atoms with Crippen molar-refractivity contribution in [3.63, 3.8) is 0 Å². The van der Waals surface area contributed by atoms with Gasteiger partial charge in [0.15, 0.2) is 5.78 Å². The van der Waals surface area contributed by atoms with Crippen LogP contribution in [0.5, 0.6) is 5.75 Å². The van der Waals surface area contributed by atoms with E-state index in [1.54, 1.807) is 42.5 Å². The van der Waals surface area contributed by atoms with Gasteiger partial charge in [0.2, 0.25) is 0 Å². The molecule has 0 aliphatic carbocycles. The van der Waals surface area contributed by atoms with Gasteiger partial charge in [-0.1, -0.05) is 22.9 Å². The number of carbonyl (C=O) groups excluding carboxylic acids is 1. The van der Waals surface area contributed by atoms with Crippen molar-refractivity contribution in [3.8, 4) is 5.75 Å². The Morgan fingerprint density at radius 1 is 1.14 bits per heavy atom. The summed E-state index contributed by atoms with van der Waals surface area (Å²) in [5.74, 6) is 0.180. The largest absolute Gasteiger partial charge is 0.508 e. The highest BCUT2D eigenvalue weighted by atomic mass is 79.9. The Balaban J connectivity index is 2.14. The molecule has 0 bridgehead atoms. The normalized spacial score (nSPS) is 11.2. The van der Waals surface area contributed by atoms with Crippen LogP contribution in [0.25, 0.3) is 0 Å². The highest BCUT2D eigenvalue weighted by Gasteiger charge is 2.05. The third-order valence-corrected chi connectivity index (χ3v) is 3.52. The van der Waals surface area contributed by atoms with Crippen molar-refractivity contribution in [2.24, 2.45) is 0 Å². The topological polar surface area (TPSA) is 49.3 Å². The lowest BCUT2D eigenvalue weighted by Gasteiger charge is -2.09. The minimum Gasteiger partial charge on any atom is -0.508 e. The zero-order chi connectivity index (χ0) is 15.2. The van der Waals surface area contributed by atoms with E-state index in [-0.39, 0.29) is 11.5 Å². The fraction of sp³-hybridized carbons (Fsp3) is 0.118. The second-order valence-corrected chi connectivity index (χ2v) is 5.48.